The number of carbonyl (C=O) groups is 1. The molecule has 29 heavy (non-hydrogen) atoms. The third kappa shape index (κ3) is 3.12. The Hall–Kier alpha value is -2.39. The Morgan fingerprint density at radius 2 is 1.90 bits per heavy atom. The van der Waals surface area contributed by atoms with Crippen molar-refractivity contribution in [3.05, 3.63) is 34.5 Å². The molecule has 2 heterocycles. The second-order valence-corrected chi connectivity index (χ2v) is 9.81. The van der Waals surface area contributed by atoms with Gasteiger partial charge >= 0.3 is 6.03 Å². The van der Waals surface area contributed by atoms with Crippen molar-refractivity contribution in [2.75, 3.05) is 19.0 Å². The summed E-state index contributed by atoms with van der Waals surface area (Å²) in [4.78, 5) is 13.2. The Kier molecular flexibility index (Phi) is 4.59. The van der Waals surface area contributed by atoms with E-state index in [1.165, 1.54) is 35.5 Å². The van der Waals surface area contributed by atoms with E-state index in [4.69, 9.17) is 4.74 Å². The van der Waals surface area contributed by atoms with Crippen molar-refractivity contribution in [2.45, 2.75) is 56.4 Å². The van der Waals surface area contributed by atoms with E-state index >= 15 is 0 Å². The average molecular weight is 416 g/mol. The fourth-order valence-corrected chi connectivity index (χ4v) is 5.93. The number of anilines is 1. The van der Waals surface area contributed by atoms with Crippen LogP contribution in [0.15, 0.2) is 21.5 Å². The molecule has 2 aromatic rings. The minimum atomic E-state index is -3.20. The summed E-state index contributed by atoms with van der Waals surface area (Å²) in [6, 6.07) is 1.71. The van der Waals surface area contributed by atoms with Gasteiger partial charge in [0.25, 0.3) is 0 Å². The lowest BCUT2D eigenvalue weighted by molar-refractivity contribution is 0.224. The maximum absolute atomic E-state index is 13.5. The maximum atomic E-state index is 13.5. The van der Waals surface area contributed by atoms with Gasteiger partial charge in [0, 0.05) is 18.7 Å². The van der Waals surface area contributed by atoms with E-state index in [9.17, 15) is 9.00 Å². The molecule has 0 spiro atoms. The Labute approximate surface area is 170 Å². The average Bonchev–Trinajstić information content (AvgIpc) is 3.46. The molecule has 154 valence electrons. The quantitative estimate of drug-likeness (QED) is 0.805. The molecule has 0 saturated carbocycles. The highest BCUT2D eigenvalue weighted by molar-refractivity contribution is 7.92. The highest BCUT2D eigenvalue weighted by Gasteiger charge is 2.28. The molecule has 0 radical (unpaired) electrons. The lowest BCUT2D eigenvalue weighted by atomic mass is 9.99. The van der Waals surface area contributed by atoms with E-state index in [1.54, 1.807) is 4.68 Å². The van der Waals surface area contributed by atoms with Crippen molar-refractivity contribution in [3.63, 3.8) is 0 Å². The molecule has 2 amide bonds. The number of aromatic nitrogens is 2. The van der Waals surface area contributed by atoms with Crippen molar-refractivity contribution >= 4 is 21.6 Å². The van der Waals surface area contributed by atoms with E-state index in [0.717, 1.165) is 50.6 Å². The molecular formula is C20H25N5O3S. The molecule has 1 unspecified atom stereocenters. The number of nitrogens with zero attached hydrogens (tertiary/aromatic N) is 3. The van der Waals surface area contributed by atoms with Gasteiger partial charge in [-0.25, -0.2) is 18.4 Å². The summed E-state index contributed by atoms with van der Waals surface area (Å²) in [5.41, 5.74) is 5.99. The third-order valence-corrected chi connectivity index (χ3v) is 7.86. The number of urea groups is 1. The normalized spacial score (nSPS) is 18.9. The summed E-state index contributed by atoms with van der Waals surface area (Å²) in [6.07, 6.45) is 8.56. The lowest BCUT2D eigenvalue weighted by Crippen LogP contribution is -2.24. The van der Waals surface area contributed by atoms with Crippen molar-refractivity contribution in [1.29, 1.82) is 0 Å². The molecule has 2 aliphatic carbocycles. The van der Waals surface area contributed by atoms with E-state index < -0.39 is 15.9 Å². The summed E-state index contributed by atoms with van der Waals surface area (Å²) in [5, 5.41) is 7.22. The van der Waals surface area contributed by atoms with Gasteiger partial charge in [-0.2, -0.15) is 5.10 Å². The number of fused-ring (bicyclic) bond motifs is 3. The van der Waals surface area contributed by atoms with Crippen LogP contribution in [0.2, 0.25) is 0 Å². The molecule has 1 atom stereocenters. The van der Waals surface area contributed by atoms with Gasteiger partial charge < -0.3 is 10.1 Å². The minimum absolute atomic E-state index is 0.318. The predicted octanol–water partition coefficient (Wildman–Crippen LogP) is 2.84. The third-order valence-electron chi connectivity index (χ3n) is 6.00. The highest BCUT2D eigenvalue weighted by Crippen LogP contribution is 2.38. The van der Waals surface area contributed by atoms with Gasteiger partial charge in [0.05, 0.1) is 12.8 Å². The fourth-order valence-electron chi connectivity index (χ4n) is 4.65. The molecule has 0 fully saturated rings. The van der Waals surface area contributed by atoms with E-state index in [-0.39, 0.29) is 0 Å². The first-order chi connectivity index (χ1) is 14.1. The van der Waals surface area contributed by atoms with Crippen molar-refractivity contribution in [2.24, 2.45) is 4.36 Å². The molecule has 2 N–H and O–H groups in total. The van der Waals surface area contributed by atoms with Gasteiger partial charge in [-0.15, -0.1) is 4.36 Å². The van der Waals surface area contributed by atoms with Crippen LogP contribution in [0.1, 0.15) is 41.5 Å². The van der Waals surface area contributed by atoms with Crippen LogP contribution in [0.4, 0.5) is 10.5 Å². The first-order valence-electron chi connectivity index (χ1n) is 10.2. The van der Waals surface area contributed by atoms with Gasteiger partial charge in [0.2, 0.25) is 5.88 Å². The Morgan fingerprint density at radius 3 is 2.59 bits per heavy atom. The monoisotopic (exact) mass is 415 g/mol. The molecule has 1 aromatic heterocycles. The van der Waals surface area contributed by atoms with Crippen LogP contribution in [0.5, 0.6) is 5.88 Å². The first-order valence-corrected chi connectivity index (χ1v) is 11.7. The molecule has 8 nitrogen and oxygen atoms in total. The number of aryl methyl sites for hydroxylation is 3. The topological polar surface area (TPSA) is 97.6 Å². The molecule has 9 heteroatoms. The van der Waals surface area contributed by atoms with Crippen LogP contribution in [-0.4, -0.2) is 33.7 Å². The molecule has 0 bridgehead atoms. The van der Waals surface area contributed by atoms with E-state index in [1.807, 2.05) is 0 Å². The molecular weight excluding hydrogens is 390 g/mol. The van der Waals surface area contributed by atoms with Crippen LogP contribution in [0.3, 0.4) is 0 Å². The standard InChI is InChI=1S/C20H25N5O3S/c1-21-29(27,17-12-22-25-9-4-10-28-19(17)25)24-20(26)23-18-15-7-2-5-13(15)11-14-6-3-8-16(14)18/h11-12H,2-10H2,1H3,(H2,21,23,24,26,27). The number of hydrogen-bond donors (Lipinski definition) is 2. The molecule has 1 aromatic carbocycles. The summed E-state index contributed by atoms with van der Waals surface area (Å²) in [7, 11) is -1.66. The smallest absolute Gasteiger partial charge is 0.354 e. The fraction of sp³-hybridized carbons (Fsp3) is 0.500. The molecule has 0 saturated heterocycles. The summed E-state index contributed by atoms with van der Waals surface area (Å²) in [5.74, 6) is 0.425. The summed E-state index contributed by atoms with van der Waals surface area (Å²) < 4.78 is 27.6. The van der Waals surface area contributed by atoms with Crippen molar-refractivity contribution < 1.29 is 13.7 Å². The maximum Gasteiger partial charge on any atom is 0.354 e. The highest BCUT2D eigenvalue weighted by atomic mass is 32.2. The molecule has 1 aliphatic heterocycles. The molecule has 3 aliphatic rings. The van der Waals surface area contributed by atoms with E-state index in [0.29, 0.717) is 23.9 Å². The number of benzene rings is 1. The van der Waals surface area contributed by atoms with Gasteiger partial charge in [-0.3, -0.25) is 0 Å². The van der Waals surface area contributed by atoms with Gasteiger partial charge in [-0.05, 0) is 67.8 Å². The Bertz CT molecular complexity index is 1080. The largest absolute Gasteiger partial charge is 0.477 e. The number of amides is 2. The van der Waals surface area contributed by atoms with E-state index in [2.05, 4.69) is 25.6 Å². The Morgan fingerprint density at radius 1 is 1.17 bits per heavy atom. The second kappa shape index (κ2) is 7.14. The van der Waals surface area contributed by atoms with Crippen LogP contribution in [-0.2, 0) is 42.1 Å². The SMILES string of the molecule is CNS(=O)(=NC(=O)Nc1c2c(cc3c1CCC3)CCC2)c1cnn2c1OCCC2. The van der Waals surface area contributed by atoms with Crippen molar-refractivity contribution in [3.8, 4) is 5.88 Å². The predicted molar refractivity (Wildman–Crippen MR) is 110 cm³/mol. The summed E-state index contributed by atoms with van der Waals surface area (Å²) in [6.45, 7) is 1.23. The van der Waals surface area contributed by atoms with Crippen LogP contribution in [0, 0.1) is 0 Å². The van der Waals surface area contributed by atoms with Crippen molar-refractivity contribution in [1.82, 2.24) is 14.5 Å². The number of hydrogen-bond acceptors (Lipinski definition) is 4. The number of carbonyl (C=O) groups excluding carboxylic acids is 1. The zero-order valence-electron chi connectivity index (χ0n) is 16.5. The Balaban J connectivity index is 1.51. The molecule has 5 rings (SSSR count). The number of rotatable bonds is 3. The van der Waals surface area contributed by atoms with Gasteiger partial charge in [-0.1, -0.05) is 6.07 Å². The van der Waals surface area contributed by atoms with Gasteiger partial charge in [0.15, 0.2) is 9.92 Å². The first kappa shape index (κ1) is 18.6. The lowest BCUT2D eigenvalue weighted by Gasteiger charge is -2.17. The van der Waals surface area contributed by atoms with Gasteiger partial charge in [0.1, 0.15) is 4.90 Å². The zero-order valence-corrected chi connectivity index (χ0v) is 17.3. The number of nitrogens with one attached hydrogen (secondary N) is 2. The number of ether oxygens (including phenoxy) is 1. The van der Waals surface area contributed by atoms with Crippen LogP contribution >= 0.6 is 0 Å². The van der Waals surface area contributed by atoms with Crippen LogP contribution in [0.25, 0.3) is 0 Å². The second-order valence-electron chi connectivity index (χ2n) is 7.72. The minimum Gasteiger partial charge on any atom is -0.477 e. The van der Waals surface area contributed by atoms with Crippen LogP contribution < -0.4 is 14.8 Å². The summed E-state index contributed by atoms with van der Waals surface area (Å²) >= 11 is 0. The zero-order chi connectivity index (χ0) is 20.0.